The number of hydrogen-bond donors (Lipinski definition) is 3. The summed E-state index contributed by atoms with van der Waals surface area (Å²) in [6, 6.07) is 18.1. The zero-order valence-electron chi connectivity index (χ0n) is 18.4. The number of halogens is 1. The Kier molecular flexibility index (Phi) is 8.26. The van der Waals surface area contributed by atoms with Crippen molar-refractivity contribution < 1.29 is 24.2 Å². The lowest BCUT2D eigenvalue weighted by Crippen LogP contribution is -2.32. The molecule has 174 valence electrons. The summed E-state index contributed by atoms with van der Waals surface area (Å²) in [5, 5.41) is 16.3. The first-order chi connectivity index (χ1) is 16.4. The van der Waals surface area contributed by atoms with E-state index in [2.05, 4.69) is 15.8 Å². The van der Waals surface area contributed by atoms with Crippen LogP contribution < -0.4 is 20.2 Å². The third-order valence-corrected chi connectivity index (χ3v) is 5.06. The fraction of sp³-hybridized carbons (Fsp3) is 0.0800. The zero-order valence-corrected chi connectivity index (χ0v) is 19.2. The van der Waals surface area contributed by atoms with E-state index in [1.165, 1.54) is 32.6 Å². The van der Waals surface area contributed by atoms with Crippen LogP contribution in [0.3, 0.4) is 0 Å². The summed E-state index contributed by atoms with van der Waals surface area (Å²) in [6.45, 7) is 0. The predicted octanol–water partition coefficient (Wildman–Crippen LogP) is 3.98. The highest BCUT2D eigenvalue weighted by atomic mass is 35.5. The van der Waals surface area contributed by atoms with Crippen molar-refractivity contribution in [1.29, 1.82) is 0 Å². The summed E-state index contributed by atoms with van der Waals surface area (Å²) in [7, 11) is 3.01. The molecule has 3 N–H and O–H groups in total. The van der Waals surface area contributed by atoms with E-state index in [0.29, 0.717) is 28.2 Å². The number of nitrogens with one attached hydrogen (secondary N) is 2. The molecule has 0 saturated heterocycles. The first kappa shape index (κ1) is 24.3. The van der Waals surface area contributed by atoms with E-state index >= 15 is 0 Å². The molecule has 0 aliphatic carbocycles. The number of benzene rings is 3. The van der Waals surface area contributed by atoms with E-state index < -0.39 is 11.8 Å². The molecule has 0 bridgehead atoms. The highest BCUT2D eigenvalue weighted by molar-refractivity contribution is 6.34. The minimum absolute atomic E-state index is 0.0837. The second-order valence-corrected chi connectivity index (χ2v) is 7.24. The van der Waals surface area contributed by atoms with E-state index in [-0.39, 0.29) is 16.5 Å². The standard InChI is InChI=1S/C25H22ClN3O5/c1-33-19-11-12-22(34-2)18(13-19)14-20(28-24(31)16-7-4-3-5-8-16)25(32)29-27-15-17-9-6-10-21(30)23(17)26/h3-15,30H,1-2H3,(H,28,31)(H,29,32)/b20-14-,27-15+. The van der Waals surface area contributed by atoms with Gasteiger partial charge in [-0.15, -0.1) is 0 Å². The highest BCUT2D eigenvalue weighted by Gasteiger charge is 2.16. The van der Waals surface area contributed by atoms with E-state index in [1.807, 2.05) is 0 Å². The van der Waals surface area contributed by atoms with Crippen LogP contribution >= 0.6 is 11.6 Å². The molecule has 3 aromatic carbocycles. The van der Waals surface area contributed by atoms with Gasteiger partial charge in [0, 0.05) is 16.7 Å². The lowest BCUT2D eigenvalue weighted by molar-refractivity contribution is -0.117. The van der Waals surface area contributed by atoms with Crippen LogP contribution in [-0.4, -0.2) is 37.4 Å². The molecule has 3 rings (SSSR count). The molecular weight excluding hydrogens is 458 g/mol. The predicted molar refractivity (Wildman–Crippen MR) is 130 cm³/mol. The van der Waals surface area contributed by atoms with Gasteiger partial charge in [-0.05, 0) is 42.5 Å². The summed E-state index contributed by atoms with van der Waals surface area (Å²) in [6.07, 6.45) is 2.73. The minimum atomic E-state index is -0.693. The summed E-state index contributed by atoms with van der Waals surface area (Å²) in [5.41, 5.74) is 3.54. The molecule has 0 radical (unpaired) electrons. The molecule has 0 spiro atoms. The maximum atomic E-state index is 12.9. The number of nitrogens with zero attached hydrogens (tertiary/aromatic N) is 1. The third kappa shape index (κ3) is 6.14. The molecule has 0 aliphatic heterocycles. The van der Waals surface area contributed by atoms with Crippen LogP contribution in [0.2, 0.25) is 5.02 Å². The molecule has 0 aliphatic rings. The SMILES string of the molecule is COc1ccc(OC)c(/C=C(\NC(=O)c2ccccc2)C(=O)N/N=C/c2cccc(O)c2Cl)c1. The van der Waals surface area contributed by atoms with Crippen molar-refractivity contribution in [2.24, 2.45) is 5.10 Å². The first-order valence-electron chi connectivity index (χ1n) is 10.0. The van der Waals surface area contributed by atoms with Crippen LogP contribution in [-0.2, 0) is 4.79 Å². The molecule has 0 aromatic heterocycles. The Labute approximate surface area is 201 Å². The average Bonchev–Trinajstić information content (AvgIpc) is 2.86. The first-order valence-corrected chi connectivity index (χ1v) is 10.4. The van der Waals surface area contributed by atoms with Crippen molar-refractivity contribution in [2.45, 2.75) is 0 Å². The lowest BCUT2D eigenvalue weighted by Gasteiger charge is -2.12. The van der Waals surface area contributed by atoms with Gasteiger partial charge in [0.05, 0.1) is 25.5 Å². The molecule has 0 heterocycles. The minimum Gasteiger partial charge on any atom is -0.506 e. The number of methoxy groups -OCH3 is 2. The van der Waals surface area contributed by atoms with Crippen LogP contribution in [0.15, 0.2) is 77.5 Å². The fourth-order valence-corrected chi connectivity index (χ4v) is 3.08. The van der Waals surface area contributed by atoms with Crippen molar-refractivity contribution in [3.63, 3.8) is 0 Å². The van der Waals surface area contributed by atoms with Crippen LogP contribution in [0.25, 0.3) is 6.08 Å². The van der Waals surface area contributed by atoms with Crippen LogP contribution in [0, 0.1) is 0 Å². The second kappa shape index (κ2) is 11.5. The number of carbonyl (C=O) groups is 2. The summed E-state index contributed by atoms with van der Waals surface area (Å²) in [5.74, 6) is -0.281. The van der Waals surface area contributed by atoms with E-state index in [1.54, 1.807) is 60.7 Å². The fourth-order valence-electron chi connectivity index (χ4n) is 2.91. The Morgan fingerprint density at radius 3 is 2.44 bits per heavy atom. The number of phenolic OH excluding ortho intramolecular Hbond substituents is 1. The van der Waals surface area contributed by atoms with Gasteiger partial charge in [0.25, 0.3) is 11.8 Å². The maximum absolute atomic E-state index is 12.9. The topological polar surface area (TPSA) is 109 Å². The second-order valence-electron chi connectivity index (χ2n) is 6.87. The molecule has 9 heteroatoms. The number of phenols is 1. The van der Waals surface area contributed by atoms with Gasteiger partial charge in [-0.25, -0.2) is 5.43 Å². The monoisotopic (exact) mass is 479 g/mol. The largest absolute Gasteiger partial charge is 0.506 e. The quantitative estimate of drug-likeness (QED) is 0.257. The molecule has 8 nitrogen and oxygen atoms in total. The Morgan fingerprint density at radius 2 is 1.74 bits per heavy atom. The molecule has 34 heavy (non-hydrogen) atoms. The Bertz CT molecular complexity index is 1240. The van der Waals surface area contributed by atoms with Gasteiger partial charge in [0.15, 0.2) is 0 Å². The molecule has 0 saturated carbocycles. The van der Waals surface area contributed by atoms with E-state index in [9.17, 15) is 14.7 Å². The van der Waals surface area contributed by atoms with Crippen LogP contribution in [0.4, 0.5) is 0 Å². The van der Waals surface area contributed by atoms with Crippen LogP contribution in [0.5, 0.6) is 17.2 Å². The number of hydrazone groups is 1. The zero-order chi connectivity index (χ0) is 24.5. The van der Waals surface area contributed by atoms with Gasteiger partial charge >= 0.3 is 0 Å². The summed E-state index contributed by atoms with van der Waals surface area (Å²) in [4.78, 5) is 25.7. The van der Waals surface area contributed by atoms with Crippen molar-refractivity contribution in [2.75, 3.05) is 14.2 Å². The van der Waals surface area contributed by atoms with Crippen molar-refractivity contribution >= 4 is 35.7 Å². The summed E-state index contributed by atoms with van der Waals surface area (Å²) < 4.78 is 10.6. The molecule has 2 amide bonds. The number of ether oxygens (including phenoxy) is 2. The number of hydrogen-bond acceptors (Lipinski definition) is 6. The van der Waals surface area contributed by atoms with Gasteiger partial charge < -0.3 is 19.9 Å². The third-order valence-electron chi connectivity index (χ3n) is 4.64. The molecule has 0 fully saturated rings. The van der Waals surface area contributed by atoms with Crippen molar-refractivity contribution in [3.05, 3.63) is 94.1 Å². The van der Waals surface area contributed by atoms with Gasteiger partial charge in [0.2, 0.25) is 0 Å². The number of rotatable bonds is 8. The maximum Gasteiger partial charge on any atom is 0.287 e. The smallest absolute Gasteiger partial charge is 0.287 e. The number of amides is 2. The Hall–Kier alpha value is -4.30. The Balaban J connectivity index is 1.92. The van der Waals surface area contributed by atoms with Crippen molar-refractivity contribution in [1.82, 2.24) is 10.7 Å². The number of carbonyl (C=O) groups excluding carboxylic acids is 2. The van der Waals surface area contributed by atoms with E-state index in [4.69, 9.17) is 21.1 Å². The van der Waals surface area contributed by atoms with Crippen LogP contribution in [0.1, 0.15) is 21.5 Å². The highest BCUT2D eigenvalue weighted by Crippen LogP contribution is 2.26. The normalized spacial score (nSPS) is 11.2. The molecule has 0 atom stereocenters. The molecule has 0 unspecified atom stereocenters. The van der Waals surface area contributed by atoms with Crippen molar-refractivity contribution in [3.8, 4) is 17.2 Å². The van der Waals surface area contributed by atoms with Gasteiger partial charge in [-0.1, -0.05) is 41.9 Å². The van der Waals surface area contributed by atoms with Gasteiger partial charge in [-0.3, -0.25) is 9.59 Å². The molecule has 3 aromatic rings. The Morgan fingerprint density at radius 1 is 0.971 bits per heavy atom. The number of aromatic hydroxyl groups is 1. The average molecular weight is 480 g/mol. The van der Waals surface area contributed by atoms with E-state index in [0.717, 1.165) is 0 Å². The molecular formula is C25H22ClN3O5. The van der Waals surface area contributed by atoms with Gasteiger partial charge in [-0.2, -0.15) is 5.10 Å². The lowest BCUT2D eigenvalue weighted by atomic mass is 10.1. The summed E-state index contributed by atoms with van der Waals surface area (Å²) >= 11 is 6.03. The van der Waals surface area contributed by atoms with Gasteiger partial charge in [0.1, 0.15) is 22.9 Å².